The molecule has 3 heterocycles. The van der Waals surface area contributed by atoms with Crippen molar-refractivity contribution in [3.63, 3.8) is 0 Å². The van der Waals surface area contributed by atoms with Crippen LogP contribution in [0.3, 0.4) is 0 Å². The van der Waals surface area contributed by atoms with Crippen LogP contribution < -0.4 is 11.0 Å². The molecule has 7 heteroatoms. The van der Waals surface area contributed by atoms with Crippen LogP contribution in [0.4, 0.5) is 0 Å². The lowest BCUT2D eigenvalue weighted by Gasteiger charge is -2.22. The van der Waals surface area contributed by atoms with Gasteiger partial charge in [0.05, 0.1) is 12.7 Å². The lowest BCUT2D eigenvalue weighted by molar-refractivity contribution is 0.0778. The lowest BCUT2D eigenvalue weighted by atomic mass is 10.1. The Kier molecular flexibility index (Phi) is 3.56. The molecule has 0 bridgehead atoms. The Bertz CT molecular complexity index is 599. The largest absolute Gasteiger partial charge is 0.381 e. The molecule has 19 heavy (non-hydrogen) atoms. The summed E-state index contributed by atoms with van der Waals surface area (Å²) in [7, 11) is 0. The number of fused-ring (bicyclic) bond motifs is 1. The topological polar surface area (TPSA) is 73.5 Å². The fourth-order valence-electron chi connectivity index (χ4n) is 2.30. The molecule has 1 aliphatic rings. The van der Waals surface area contributed by atoms with E-state index in [2.05, 4.69) is 15.4 Å². The highest BCUT2D eigenvalue weighted by Gasteiger charge is 2.13. The quantitative estimate of drug-likeness (QED) is 0.817. The molecule has 1 saturated heterocycles. The Morgan fingerprint density at radius 3 is 3.05 bits per heavy atom. The Labute approximate surface area is 110 Å². The van der Waals surface area contributed by atoms with Crippen molar-refractivity contribution in [1.82, 2.24) is 24.5 Å². The number of nitrogens with zero attached hydrogens (tertiary/aromatic N) is 4. The molecular weight excluding hydrogens is 246 g/mol. The number of aromatic nitrogens is 4. The number of rotatable bonds is 4. The van der Waals surface area contributed by atoms with Crippen molar-refractivity contribution in [2.24, 2.45) is 0 Å². The van der Waals surface area contributed by atoms with E-state index in [4.69, 9.17) is 4.74 Å². The molecule has 102 valence electrons. The number of hydrogen-bond donors (Lipinski definition) is 1. The second-order valence-electron chi connectivity index (χ2n) is 4.65. The first-order valence-electron chi connectivity index (χ1n) is 6.55. The van der Waals surface area contributed by atoms with Gasteiger partial charge in [0, 0.05) is 38.2 Å². The summed E-state index contributed by atoms with van der Waals surface area (Å²) in [5.74, 6) is 0. The third-order valence-corrected chi connectivity index (χ3v) is 3.37. The second kappa shape index (κ2) is 5.50. The van der Waals surface area contributed by atoms with Crippen LogP contribution in [0.5, 0.6) is 0 Å². The summed E-state index contributed by atoms with van der Waals surface area (Å²) >= 11 is 0. The van der Waals surface area contributed by atoms with E-state index >= 15 is 0 Å². The molecule has 1 fully saturated rings. The van der Waals surface area contributed by atoms with E-state index in [-0.39, 0.29) is 5.69 Å². The van der Waals surface area contributed by atoms with E-state index in [0.29, 0.717) is 18.2 Å². The molecule has 1 aliphatic heterocycles. The first-order chi connectivity index (χ1) is 9.34. The maximum Gasteiger partial charge on any atom is 0.350 e. The minimum atomic E-state index is -0.119. The first-order valence-corrected chi connectivity index (χ1v) is 6.55. The van der Waals surface area contributed by atoms with Crippen molar-refractivity contribution in [3.05, 3.63) is 29.1 Å². The van der Waals surface area contributed by atoms with Crippen molar-refractivity contribution in [2.75, 3.05) is 19.8 Å². The SMILES string of the molecule is O=c1n(CCNC2CCOCC2)nc2cnccn12. The maximum absolute atomic E-state index is 12.0. The molecule has 0 unspecified atom stereocenters. The minimum absolute atomic E-state index is 0.119. The average Bonchev–Trinajstić information content (AvgIpc) is 2.78. The summed E-state index contributed by atoms with van der Waals surface area (Å²) < 4.78 is 8.28. The second-order valence-corrected chi connectivity index (χ2v) is 4.65. The van der Waals surface area contributed by atoms with Gasteiger partial charge in [-0.2, -0.15) is 0 Å². The summed E-state index contributed by atoms with van der Waals surface area (Å²) in [6.45, 7) is 2.94. The Balaban J connectivity index is 1.62. The molecule has 0 spiro atoms. The third kappa shape index (κ3) is 2.66. The molecular formula is C12H17N5O2. The van der Waals surface area contributed by atoms with Gasteiger partial charge in [-0.25, -0.2) is 13.9 Å². The fourth-order valence-corrected chi connectivity index (χ4v) is 2.30. The van der Waals surface area contributed by atoms with Crippen molar-refractivity contribution in [3.8, 4) is 0 Å². The predicted octanol–water partition coefficient (Wildman–Crippen LogP) is -0.340. The van der Waals surface area contributed by atoms with E-state index in [9.17, 15) is 4.79 Å². The Morgan fingerprint density at radius 1 is 1.42 bits per heavy atom. The van der Waals surface area contributed by atoms with Gasteiger partial charge in [0.1, 0.15) is 0 Å². The van der Waals surface area contributed by atoms with Gasteiger partial charge in [-0.15, -0.1) is 5.10 Å². The minimum Gasteiger partial charge on any atom is -0.381 e. The van der Waals surface area contributed by atoms with Gasteiger partial charge >= 0.3 is 5.69 Å². The normalized spacial score (nSPS) is 17.1. The predicted molar refractivity (Wildman–Crippen MR) is 69.1 cm³/mol. The molecule has 3 rings (SSSR count). The summed E-state index contributed by atoms with van der Waals surface area (Å²) in [5.41, 5.74) is 0.463. The molecule has 0 radical (unpaired) electrons. The van der Waals surface area contributed by atoms with Gasteiger partial charge in [0.25, 0.3) is 0 Å². The van der Waals surface area contributed by atoms with Crippen molar-refractivity contribution in [2.45, 2.75) is 25.4 Å². The number of ether oxygens (including phenoxy) is 1. The summed E-state index contributed by atoms with van der Waals surface area (Å²) in [5, 5.41) is 7.67. The van der Waals surface area contributed by atoms with Gasteiger partial charge < -0.3 is 10.1 Å². The van der Waals surface area contributed by atoms with Crippen LogP contribution in [-0.4, -0.2) is 45.0 Å². The van der Waals surface area contributed by atoms with Gasteiger partial charge in [-0.05, 0) is 12.8 Å². The zero-order valence-electron chi connectivity index (χ0n) is 10.7. The van der Waals surface area contributed by atoms with Crippen molar-refractivity contribution in [1.29, 1.82) is 0 Å². The molecule has 0 saturated carbocycles. The number of nitrogens with one attached hydrogen (secondary N) is 1. The van der Waals surface area contributed by atoms with E-state index in [1.165, 1.54) is 9.08 Å². The van der Waals surface area contributed by atoms with Gasteiger partial charge in [-0.1, -0.05) is 0 Å². The monoisotopic (exact) mass is 263 g/mol. The number of hydrogen-bond acceptors (Lipinski definition) is 5. The summed E-state index contributed by atoms with van der Waals surface area (Å²) in [4.78, 5) is 16.0. The highest BCUT2D eigenvalue weighted by molar-refractivity contribution is 5.31. The Morgan fingerprint density at radius 2 is 2.26 bits per heavy atom. The van der Waals surface area contributed by atoms with Crippen LogP contribution in [0.25, 0.3) is 5.65 Å². The standard InChI is InChI=1S/C12H17N5O2/c18-12-16-5-3-13-9-11(16)15-17(12)6-4-14-10-1-7-19-8-2-10/h3,5,9-10,14H,1-2,4,6-8H2. The molecule has 2 aromatic rings. The van der Waals surface area contributed by atoms with Crippen LogP contribution in [0.15, 0.2) is 23.4 Å². The summed E-state index contributed by atoms with van der Waals surface area (Å²) in [6, 6.07) is 0.489. The molecule has 1 N–H and O–H groups in total. The molecule has 7 nitrogen and oxygen atoms in total. The average molecular weight is 263 g/mol. The molecule has 0 amide bonds. The van der Waals surface area contributed by atoms with E-state index < -0.39 is 0 Å². The lowest BCUT2D eigenvalue weighted by Crippen LogP contribution is -2.37. The molecule has 0 aromatic carbocycles. The van der Waals surface area contributed by atoms with Gasteiger partial charge in [0.2, 0.25) is 0 Å². The maximum atomic E-state index is 12.0. The third-order valence-electron chi connectivity index (χ3n) is 3.37. The zero-order valence-corrected chi connectivity index (χ0v) is 10.7. The highest BCUT2D eigenvalue weighted by Crippen LogP contribution is 2.05. The van der Waals surface area contributed by atoms with Crippen LogP contribution in [0.2, 0.25) is 0 Å². The van der Waals surface area contributed by atoms with Crippen LogP contribution in [0, 0.1) is 0 Å². The van der Waals surface area contributed by atoms with E-state index in [1.807, 2.05) is 0 Å². The van der Waals surface area contributed by atoms with Crippen LogP contribution in [-0.2, 0) is 11.3 Å². The fraction of sp³-hybridized carbons (Fsp3) is 0.583. The molecule has 0 atom stereocenters. The van der Waals surface area contributed by atoms with Crippen LogP contribution >= 0.6 is 0 Å². The smallest absolute Gasteiger partial charge is 0.350 e. The van der Waals surface area contributed by atoms with E-state index in [1.54, 1.807) is 18.6 Å². The van der Waals surface area contributed by atoms with Gasteiger partial charge in [0.15, 0.2) is 5.65 Å². The Hall–Kier alpha value is -1.73. The van der Waals surface area contributed by atoms with Crippen molar-refractivity contribution < 1.29 is 4.74 Å². The summed E-state index contributed by atoms with van der Waals surface area (Å²) in [6.07, 6.45) is 6.87. The van der Waals surface area contributed by atoms with Crippen LogP contribution in [0.1, 0.15) is 12.8 Å². The zero-order chi connectivity index (χ0) is 13.1. The molecule has 2 aromatic heterocycles. The van der Waals surface area contributed by atoms with Gasteiger partial charge in [-0.3, -0.25) is 4.98 Å². The molecule has 0 aliphatic carbocycles. The highest BCUT2D eigenvalue weighted by atomic mass is 16.5. The van der Waals surface area contributed by atoms with E-state index in [0.717, 1.165) is 32.6 Å². The first kappa shape index (κ1) is 12.3. The van der Waals surface area contributed by atoms with Crippen molar-refractivity contribution >= 4 is 5.65 Å².